The highest BCUT2D eigenvalue weighted by atomic mass is 19.1. The largest absolute Gasteiger partial charge is 0.491 e. The van der Waals surface area contributed by atoms with E-state index in [4.69, 9.17) is 9.15 Å². The van der Waals surface area contributed by atoms with E-state index in [1.165, 1.54) is 42.5 Å². The van der Waals surface area contributed by atoms with Gasteiger partial charge in [-0.1, -0.05) is 12.1 Å². The maximum atomic E-state index is 13.6. The van der Waals surface area contributed by atoms with E-state index in [1.54, 1.807) is 6.07 Å². The predicted octanol–water partition coefficient (Wildman–Crippen LogP) is 2.88. The van der Waals surface area contributed by atoms with Gasteiger partial charge in [0.2, 0.25) is 0 Å². The zero-order valence-corrected chi connectivity index (χ0v) is 13.0. The lowest BCUT2D eigenvalue weighted by atomic mass is 10.2. The second-order valence-corrected chi connectivity index (χ2v) is 5.40. The summed E-state index contributed by atoms with van der Waals surface area (Å²) in [6.45, 7) is -0.166. The Kier molecular flexibility index (Phi) is 4.95. The Bertz CT molecular complexity index is 876. The van der Waals surface area contributed by atoms with Crippen LogP contribution in [0.5, 0.6) is 5.75 Å². The van der Waals surface area contributed by atoms with Gasteiger partial charge in [-0.05, 0) is 36.4 Å². The zero-order chi connectivity index (χ0) is 17.8. The molecule has 1 unspecified atom stereocenters. The number of amides is 1. The summed E-state index contributed by atoms with van der Waals surface area (Å²) in [7, 11) is 0. The third-order valence-electron chi connectivity index (χ3n) is 3.47. The molecule has 0 aliphatic rings. The number of rotatable bonds is 6. The summed E-state index contributed by atoms with van der Waals surface area (Å²) in [5, 5.41) is 12.8. The Balaban J connectivity index is 1.52. The van der Waals surface area contributed by atoms with Crippen molar-refractivity contribution in [2.45, 2.75) is 6.10 Å². The van der Waals surface area contributed by atoms with Gasteiger partial charge in [0.25, 0.3) is 5.91 Å². The van der Waals surface area contributed by atoms with Crippen molar-refractivity contribution in [3.8, 4) is 5.75 Å². The van der Waals surface area contributed by atoms with Gasteiger partial charge in [-0.15, -0.1) is 0 Å². The van der Waals surface area contributed by atoms with Crippen LogP contribution in [0.4, 0.5) is 8.78 Å². The lowest BCUT2D eigenvalue weighted by molar-refractivity contribution is 0.0823. The molecule has 5 nitrogen and oxygen atoms in total. The average Bonchev–Trinajstić information content (AvgIpc) is 3.05. The van der Waals surface area contributed by atoms with Crippen molar-refractivity contribution < 1.29 is 27.8 Å². The fourth-order valence-electron chi connectivity index (χ4n) is 2.22. The standard InChI is InChI=1S/C18H15F2NO4/c19-12-4-6-14(7-5-12)24-10-13(22)9-21-18(23)16-8-11-2-1-3-15(20)17(11)25-16/h1-8,13,22H,9-10H2,(H,21,23). The first-order valence-electron chi connectivity index (χ1n) is 7.55. The highest BCUT2D eigenvalue weighted by molar-refractivity contribution is 5.96. The molecule has 1 aromatic heterocycles. The van der Waals surface area contributed by atoms with E-state index < -0.39 is 17.8 Å². The highest BCUT2D eigenvalue weighted by Gasteiger charge is 2.15. The molecule has 0 bridgehead atoms. The predicted molar refractivity (Wildman–Crippen MR) is 86.4 cm³/mol. The van der Waals surface area contributed by atoms with Crippen molar-refractivity contribution >= 4 is 16.9 Å². The number of ether oxygens (including phenoxy) is 1. The summed E-state index contributed by atoms with van der Waals surface area (Å²) in [5.41, 5.74) is 0.00726. The molecule has 0 spiro atoms. The van der Waals surface area contributed by atoms with Gasteiger partial charge in [-0.3, -0.25) is 4.79 Å². The van der Waals surface area contributed by atoms with Crippen molar-refractivity contribution in [1.82, 2.24) is 5.32 Å². The van der Waals surface area contributed by atoms with Crippen LogP contribution in [-0.2, 0) is 0 Å². The number of benzene rings is 2. The van der Waals surface area contributed by atoms with E-state index in [2.05, 4.69) is 5.32 Å². The van der Waals surface area contributed by atoms with E-state index in [-0.39, 0.29) is 30.3 Å². The van der Waals surface area contributed by atoms with Gasteiger partial charge in [0.1, 0.15) is 24.3 Å². The van der Waals surface area contributed by atoms with Crippen LogP contribution in [0.2, 0.25) is 0 Å². The van der Waals surface area contributed by atoms with Crippen molar-refractivity contribution in [2.24, 2.45) is 0 Å². The molecule has 1 atom stereocenters. The number of fused-ring (bicyclic) bond motifs is 1. The van der Waals surface area contributed by atoms with Crippen LogP contribution in [-0.4, -0.2) is 30.3 Å². The van der Waals surface area contributed by atoms with Crippen LogP contribution in [0.15, 0.2) is 52.9 Å². The lowest BCUT2D eigenvalue weighted by Gasteiger charge is -2.12. The Labute approximate surface area is 141 Å². The number of carbonyl (C=O) groups excluding carboxylic acids is 1. The first-order valence-corrected chi connectivity index (χ1v) is 7.55. The number of hydrogen-bond donors (Lipinski definition) is 2. The quantitative estimate of drug-likeness (QED) is 0.719. The summed E-state index contributed by atoms with van der Waals surface area (Å²) in [5.74, 6) is -1.16. The molecule has 25 heavy (non-hydrogen) atoms. The van der Waals surface area contributed by atoms with E-state index in [1.807, 2.05) is 0 Å². The fourth-order valence-corrected chi connectivity index (χ4v) is 2.22. The molecule has 3 aromatic rings. The number of aliphatic hydroxyl groups excluding tert-OH is 1. The molecule has 1 heterocycles. The van der Waals surface area contributed by atoms with Gasteiger partial charge in [0.15, 0.2) is 17.2 Å². The number of furan rings is 1. The molecule has 0 radical (unpaired) electrons. The molecular weight excluding hydrogens is 332 g/mol. The van der Waals surface area contributed by atoms with Crippen molar-refractivity contribution in [3.63, 3.8) is 0 Å². The fraction of sp³-hybridized carbons (Fsp3) is 0.167. The van der Waals surface area contributed by atoms with Crippen LogP contribution in [0.3, 0.4) is 0 Å². The Morgan fingerprint density at radius 1 is 1.20 bits per heavy atom. The molecule has 0 fully saturated rings. The van der Waals surface area contributed by atoms with E-state index >= 15 is 0 Å². The summed E-state index contributed by atoms with van der Waals surface area (Å²) in [6, 6.07) is 11.2. The number of hydrogen-bond acceptors (Lipinski definition) is 4. The second-order valence-electron chi connectivity index (χ2n) is 5.40. The van der Waals surface area contributed by atoms with E-state index in [0.29, 0.717) is 11.1 Å². The van der Waals surface area contributed by atoms with Crippen LogP contribution < -0.4 is 10.1 Å². The molecule has 3 rings (SSSR count). The molecule has 0 saturated carbocycles. The number of para-hydroxylation sites is 1. The zero-order valence-electron chi connectivity index (χ0n) is 13.0. The third kappa shape index (κ3) is 4.13. The Hall–Kier alpha value is -2.93. The minimum absolute atomic E-state index is 0.00726. The summed E-state index contributed by atoms with van der Waals surface area (Å²) < 4.78 is 36.8. The average molecular weight is 347 g/mol. The van der Waals surface area contributed by atoms with Crippen LogP contribution in [0.25, 0.3) is 11.0 Å². The Morgan fingerprint density at radius 2 is 1.96 bits per heavy atom. The number of nitrogens with one attached hydrogen (secondary N) is 1. The van der Waals surface area contributed by atoms with Gasteiger partial charge in [-0.2, -0.15) is 0 Å². The monoisotopic (exact) mass is 347 g/mol. The minimum Gasteiger partial charge on any atom is -0.491 e. The van der Waals surface area contributed by atoms with Crippen molar-refractivity contribution in [2.75, 3.05) is 13.2 Å². The molecular formula is C18H15F2NO4. The number of halogens is 2. The molecule has 2 aromatic carbocycles. The molecule has 0 saturated heterocycles. The van der Waals surface area contributed by atoms with Crippen molar-refractivity contribution in [3.05, 3.63) is 65.9 Å². The van der Waals surface area contributed by atoms with E-state index in [9.17, 15) is 18.7 Å². The molecule has 2 N–H and O–H groups in total. The van der Waals surface area contributed by atoms with Crippen molar-refractivity contribution in [1.29, 1.82) is 0 Å². The van der Waals surface area contributed by atoms with Gasteiger partial charge in [0, 0.05) is 11.9 Å². The maximum Gasteiger partial charge on any atom is 0.287 e. The first kappa shape index (κ1) is 16.9. The van der Waals surface area contributed by atoms with Gasteiger partial charge >= 0.3 is 0 Å². The van der Waals surface area contributed by atoms with E-state index in [0.717, 1.165) is 0 Å². The topological polar surface area (TPSA) is 71.7 Å². The van der Waals surface area contributed by atoms with Crippen LogP contribution >= 0.6 is 0 Å². The lowest BCUT2D eigenvalue weighted by Crippen LogP contribution is -2.35. The molecule has 7 heteroatoms. The third-order valence-corrected chi connectivity index (χ3v) is 3.47. The molecule has 0 aliphatic heterocycles. The molecule has 0 aliphatic carbocycles. The van der Waals surface area contributed by atoms with Crippen LogP contribution in [0.1, 0.15) is 10.6 Å². The summed E-state index contributed by atoms with van der Waals surface area (Å²) >= 11 is 0. The normalized spacial score (nSPS) is 12.1. The SMILES string of the molecule is O=C(NCC(O)COc1ccc(F)cc1)c1cc2cccc(F)c2o1. The summed E-state index contributed by atoms with van der Waals surface area (Å²) in [6.07, 6.45) is -0.977. The van der Waals surface area contributed by atoms with Crippen LogP contribution in [0, 0.1) is 11.6 Å². The first-order chi connectivity index (χ1) is 12.0. The molecule has 130 valence electrons. The number of carbonyl (C=O) groups is 1. The minimum atomic E-state index is -0.977. The van der Waals surface area contributed by atoms with Gasteiger partial charge in [-0.25, -0.2) is 8.78 Å². The van der Waals surface area contributed by atoms with Gasteiger partial charge in [0.05, 0.1) is 0 Å². The number of aliphatic hydroxyl groups is 1. The van der Waals surface area contributed by atoms with Gasteiger partial charge < -0.3 is 19.6 Å². The second kappa shape index (κ2) is 7.31. The highest BCUT2D eigenvalue weighted by Crippen LogP contribution is 2.21. The maximum absolute atomic E-state index is 13.6. The smallest absolute Gasteiger partial charge is 0.287 e. The summed E-state index contributed by atoms with van der Waals surface area (Å²) in [4.78, 5) is 12.0. The molecule has 1 amide bonds. The Morgan fingerprint density at radius 3 is 2.68 bits per heavy atom.